The van der Waals surface area contributed by atoms with Crippen LogP contribution in [0.25, 0.3) is 0 Å². The minimum atomic E-state index is -0.375. The second-order valence-electron chi connectivity index (χ2n) is 4.51. The van der Waals surface area contributed by atoms with E-state index in [1.54, 1.807) is 43.5 Å². The summed E-state index contributed by atoms with van der Waals surface area (Å²) in [5, 5.41) is 5.32. The molecule has 0 aliphatic rings. The number of methoxy groups -OCH3 is 1. The Balaban J connectivity index is 1.85. The topological polar surface area (TPSA) is 67.4 Å². The number of rotatable bonds is 5. The molecule has 114 valence electrons. The number of carbonyl (C=O) groups excluding carboxylic acids is 2. The van der Waals surface area contributed by atoms with Crippen molar-refractivity contribution in [1.29, 1.82) is 0 Å². The van der Waals surface area contributed by atoms with Crippen molar-refractivity contribution in [2.45, 2.75) is 6.42 Å². The van der Waals surface area contributed by atoms with Gasteiger partial charge in [0.25, 0.3) is 0 Å². The molecule has 2 rings (SSSR count). The van der Waals surface area contributed by atoms with Crippen LogP contribution < -0.4 is 15.4 Å². The highest BCUT2D eigenvalue weighted by molar-refractivity contribution is 9.10. The Morgan fingerprint density at radius 2 is 1.36 bits per heavy atom. The SMILES string of the molecule is COc1ccc(NC(=O)CC(=O)Nc2ccc(Br)cc2)cc1. The third kappa shape index (κ3) is 4.89. The van der Waals surface area contributed by atoms with Gasteiger partial charge < -0.3 is 15.4 Å². The highest BCUT2D eigenvalue weighted by Crippen LogP contribution is 2.16. The molecule has 0 aromatic heterocycles. The van der Waals surface area contributed by atoms with Gasteiger partial charge in [0.2, 0.25) is 11.8 Å². The van der Waals surface area contributed by atoms with E-state index in [0.29, 0.717) is 17.1 Å². The first-order valence-corrected chi connectivity index (χ1v) is 7.35. The van der Waals surface area contributed by atoms with Gasteiger partial charge in [-0.3, -0.25) is 9.59 Å². The van der Waals surface area contributed by atoms with E-state index in [-0.39, 0.29) is 18.2 Å². The fourth-order valence-corrected chi connectivity index (χ4v) is 2.03. The van der Waals surface area contributed by atoms with Crippen LogP contribution in [0.3, 0.4) is 0 Å². The fraction of sp³-hybridized carbons (Fsp3) is 0.125. The van der Waals surface area contributed by atoms with Crippen molar-refractivity contribution in [2.75, 3.05) is 17.7 Å². The zero-order valence-electron chi connectivity index (χ0n) is 11.9. The van der Waals surface area contributed by atoms with Gasteiger partial charge in [-0.15, -0.1) is 0 Å². The molecule has 22 heavy (non-hydrogen) atoms. The van der Waals surface area contributed by atoms with Gasteiger partial charge in [0.1, 0.15) is 12.2 Å². The summed E-state index contributed by atoms with van der Waals surface area (Å²) in [6.07, 6.45) is -0.248. The van der Waals surface area contributed by atoms with Gasteiger partial charge in [0.15, 0.2) is 0 Å². The first-order valence-electron chi connectivity index (χ1n) is 6.56. The minimum Gasteiger partial charge on any atom is -0.497 e. The number of hydrogen-bond acceptors (Lipinski definition) is 3. The molecule has 0 unspecified atom stereocenters. The summed E-state index contributed by atoms with van der Waals surface area (Å²) in [6, 6.07) is 14.0. The average Bonchev–Trinajstić information content (AvgIpc) is 2.50. The van der Waals surface area contributed by atoms with Gasteiger partial charge in [0.05, 0.1) is 7.11 Å². The summed E-state index contributed by atoms with van der Waals surface area (Å²) in [6.45, 7) is 0. The highest BCUT2D eigenvalue weighted by Gasteiger charge is 2.10. The Bertz CT molecular complexity index is 654. The molecule has 0 radical (unpaired) electrons. The Morgan fingerprint density at radius 1 is 0.909 bits per heavy atom. The number of nitrogens with one attached hydrogen (secondary N) is 2. The summed E-state index contributed by atoms with van der Waals surface area (Å²) in [5.74, 6) is -0.0425. The van der Waals surface area contributed by atoms with Crippen LogP contribution in [-0.2, 0) is 9.59 Å². The van der Waals surface area contributed by atoms with Crippen molar-refractivity contribution < 1.29 is 14.3 Å². The van der Waals surface area contributed by atoms with Crippen molar-refractivity contribution in [3.63, 3.8) is 0 Å². The third-order valence-corrected chi connectivity index (χ3v) is 3.35. The minimum absolute atomic E-state index is 0.248. The molecule has 0 bridgehead atoms. The van der Waals surface area contributed by atoms with Crippen LogP contribution in [0.2, 0.25) is 0 Å². The van der Waals surface area contributed by atoms with E-state index in [0.717, 1.165) is 4.47 Å². The van der Waals surface area contributed by atoms with Crippen LogP contribution >= 0.6 is 15.9 Å². The molecule has 0 aliphatic carbocycles. The average molecular weight is 363 g/mol. The molecule has 2 aromatic carbocycles. The maximum Gasteiger partial charge on any atom is 0.233 e. The molecule has 0 aliphatic heterocycles. The Morgan fingerprint density at radius 3 is 1.82 bits per heavy atom. The highest BCUT2D eigenvalue weighted by atomic mass is 79.9. The number of anilines is 2. The van der Waals surface area contributed by atoms with Crippen LogP contribution in [0.15, 0.2) is 53.0 Å². The molecule has 2 aromatic rings. The molecular formula is C16H15BrN2O3. The molecule has 5 nitrogen and oxygen atoms in total. The summed E-state index contributed by atoms with van der Waals surface area (Å²) >= 11 is 3.31. The van der Waals surface area contributed by atoms with Gasteiger partial charge in [0, 0.05) is 15.8 Å². The normalized spacial score (nSPS) is 9.91. The molecule has 0 fully saturated rings. The number of hydrogen-bond donors (Lipinski definition) is 2. The lowest BCUT2D eigenvalue weighted by Crippen LogP contribution is -2.21. The Hall–Kier alpha value is -2.34. The number of carbonyl (C=O) groups is 2. The second-order valence-corrected chi connectivity index (χ2v) is 5.42. The van der Waals surface area contributed by atoms with E-state index in [9.17, 15) is 9.59 Å². The molecule has 2 N–H and O–H groups in total. The Labute approximate surface area is 136 Å². The molecule has 0 spiro atoms. The third-order valence-electron chi connectivity index (χ3n) is 2.82. The van der Waals surface area contributed by atoms with Gasteiger partial charge in [-0.25, -0.2) is 0 Å². The molecule has 0 saturated heterocycles. The molecule has 0 heterocycles. The predicted octanol–water partition coefficient (Wildman–Crippen LogP) is 3.43. The van der Waals surface area contributed by atoms with Crippen LogP contribution in [0.4, 0.5) is 11.4 Å². The van der Waals surface area contributed by atoms with E-state index in [2.05, 4.69) is 26.6 Å². The molecule has 6 heteroatoms. The lowest BCUT2D eigenvalue weighted by Gasteiger charge is -2.07. The van der Waals surface area contributed by atoms with E-state index >= 15 is 0 Å². The molecule has 0 atom stereocenters. The maximum atomic E-state index is 11.8. The van der Waals surface area contributed by atoms with E-state index in [4.69, 9.17) is 4.74 Å². The lowest BCUT2D eigenvalue weighted by molar-refractivity contribution is -0.123. The van der Waals surface area contributed by atoms with Crippen molar-refractivity contribution in [3.8, 4) is 5.75 Å². The maximum absolute atomic E-state index is 11.8. The summed E-state index contributed by atoms with van der Waals surface area (Å²) in [4.78, 5) is 23.6. The number of ether oxygens (including phenoxy) is 1. The van der Waals surface area contributed by atoms with Crippen LogP contribution in [0, 0.1) is 0 Å². The number of amides is 2. The van der Waals surface area contributed by atoms with Crippen LogP contribution in [-0.4, -0.2) is 18.9 Å². The fourth-order valence-electron chi connectivity index (χ4n) is 1.76. The quantitative estimate of drug-likeness (QED) is 0.800. The van der Waals surface area contributed by atoms with Gasteiger partial charge >= 0.3 is 0 Å². The van der Waals surface area contributed by atoms with Crippen molar-refractivity contribution in [3.05, 3.63) is 53.0 Å². The van der Waals surface area contributed by atoms with Crippen LogP contribution in [0.5, 0.6) is 5.75 Å². The van der Waals surface area contributed by atoms with E-state index in [1.807, 2.05) is 12.1 Å². The summed E-state index contributed by atoms with van der Waals surface area (Å²) in [7, 11) is 1.57. The standard InChI is InChI=1S/C16H15BrN2O3/c1-22-14-8-6-13(7-9-14)19-16(21)10-15(20)18-12-4-2-11(17)3-5-12/h2-9H,10H2,1H3,(H,18,20)(H,19,21). The number of halogens is 1. The first kappa shape index (κ1) is 16.0. The van der Waals surface area contributed by atoms with Crippen LogP contribution in [0.1, 0.15) is 6.42 Å². The summed E-state index contributed by atoms with van der Waals surface area (Å²) in [5.41, 5.74) is 1.26. The zero-order chi connectivity index (χ0) is 15.9. The van der Waals surface area contributed by atoms with E-state index < -0.39 is 0 Å². The Kier molecular flexibility index (Phi) is 5.55. The van der Waals surface area contributed by atoms with Gasteiger partial charge in [-0.1, -0.05) is 15.9 Å². The lowest BCUT2D eigenvalue weighted by atomic mass is 10.2. The number of benzene rings is 2. The summed E-state index contributed by atoms with van der Waals surface area (Å²) < 4.78 is 5.95. The zero-order valence-corrected chi connectivity index (χ0v) is 13.5. The second kappa shape index (κ2) is 7.61. The van der Waals surface area contributed by atoms with Crippen molar-refractivity contribution in [1.82, 2.24) is 0 Å². The predicted molar refractivity (Wildman–Crippen MR) is 89.0 cm³/mol. The molecule has 0 saturated carbocycles. The molecular weight excluding hydrogens is 348 g/mol. The van der Waals surface area contributed by atoms with Gasteiger partial charge in [-0.2, -0.15) is 0 Å². The van der Waals surface area contributed by atoms with Gasteiger partial charge in [-0.05, 0) is 48.5 Å². The van der Waals surface area contributed by atoms with E-state index in [1.165, 1.54) is 0 Å². The molecule has 2 amide bonds. The monoisotopic (exact) mass is 362 g/mol. The van der Waals surface area contributed by atoms with Crippen molar-refractivity contribution >= 4 is 39.1 Å². The smallest absolute Gasteiger partial charge is 0.233 e. The van der Waals surface area contributed by atoms with Crippen molar-refractivity contribution in [2.24, 2.45) is 0 Å². The first-order chi connectivity index (χ1) is 10.6. The largest absolute Gasteiger partial charge is 0.497 e.